The van der Waals surface area contributed by atoms with E-state index < -0.39 is 11.9 Å². The fraction of sp³-hybridized carbons (Fsp3) is 0.286. The molecule has 0 fully saturated rings. The molecule has 0 aliphatic rings. The normalized spacial score (nSPS) is 10.7. The van der Waals surface area contributed by atoms with Gasteiger partial charge in [0.25, 0.3) is 5.91 Å². The summed E-state index contributed by atoms with van der Waals surface area (Å²) in [6, 6.07) is 4.89. The van der Waals surface area contributed by atoms with Crippen molar-refractivity contribution in [3.63, 3.8) is 0 Å². The standard InChI is InChI=1S/C14H18N4O3/c1-21-6-2-3-8-4-5-9-10(7-8)17-13(18-14(16)20)11(9)12(15)19/h4-5,7,17H,2-3,6H2,1H3,(H2,15,19)(H3,16,18,20). The highest BCUT2D eigenvalue weighted by molar-refractivity contribution is 6.12. The number of hydrogen-bond acceptors (Lipinski definition) is 3. The molecule has 2 aromatic rings. The number of rotatable bonds is 6. The van der Waals surface area contributed by atoms with Crippen molar-refractivity contribution in [1.29, 1.82) is 0 Å². The first-order valence-electron chi connectivity index (χ1n) is 6.52. The summed E-state index contributed by atoms with van der Waals surface area (Å²) < 4.78 is 5.02. The number of aromatic nitrogens is 1. The van der Waals surface area contributed by atoms with Crippen LogP contribution in [0.15, 0.2) is 18.2 Å². The Morgan fingerprint density at radius 1 is 1.33 bits per heavy atom. The molecule has 0 atom stereocenters. The van der Waals surface area contributed by atoms with Crippen LogP contribution in [0, 0.1) is 0 Å². The van der Waals surface area contributed by atoms with E-state index in [9.17, 15) is 9.59 Å². The van der Waals surface area contributed by atoms with Crippen molar-refractivity contribution in [3.8, 4) is 0 Å². The summed E-state index contributed by atoms with van der Waals surface area (Å²) in [4.78, 5) is 25.5. The van der Waals surface area contributed by atoms with Gasteiger partial charge in [-0.1, -0.05) is 12.1 Å². The fourth-order valence-corrected chi connectivity index (χ4v) is 2.29. The third-order valence-corrected chi connectivity index (χ3v) is 3.17. The summed E-state index contributed by atoms with van der Waals surface area (Å²) in [7, 11) is 1.66. The molecule has 0 aliphatic heterocycles. The van der Waals surface area contributed by atoms with Crippen molar-refractivity contribution < 1.29 is 14.3 Å². The van der Waals surface area contributed by atoms with E-state index >= 15 is 0 Å². The average molecular weight is 290 g/mol. The summed E-state index contributed by atoms with van der Waals surface area (Å²) in [5, 5.41) is 3.03. The molecule has 0 saturated carbocycles. The maximum absolute atomic E-state index is 11.6. The average Bonchev–Trinajstić information content (AvgIpc) is 2.75. The number of fused-ring (bicyclic) bond motifs is 1. The molecule has 7 nitrogen and oxygen atoms in total. The number of benzene rings is 1. The first-order valence-corrected chi connectivity index (χ1v) is 6.52. The number of amides is 3. The SMILES string of the molecule is COCCCc1ccc2c(C(N)=O)c(NC(N)=O)[nH]c2c1. The van der Waals surface area contributed by atoms with Crippen LogP contribution in [0.2, 0.25) is 0 Å². The molecule has 1 heterocycles. The smallest absolute Gasteiger partial charge is 0.317 e. The number of hydrogen-bond donors (Lipinski definition) is 4. The minimum Gasteiger partial charge on any atom is -0.385 e. The molecule has 1 aromatic heterocycles. The zero-order chi connectivity index (χ0) is 15.4. The van der Waals surface area contributed by atoms with Gasteiger partial charge in [0.1, 0.15) is 5.82 Å². The molecule has 0 saturated heterocycles. The number of urea groups is 1. The summed E-state index contributed by atoms with van der Waals surface area (Å²) in [6.45, 7) is 0.684. The number of carbonyl (C=O) groups is 2. The number of nitrogens with one attached hydrogen (secondary N) is 2. The topological polar surface area (TPSA) is 123 Å². The maximum atomic E-state index is 11.6. The molecule has 112 valence electrons. The van der Waals surface area contributed by atoms with E-state index in [0.29, 0.717) is 12.0 Å². The highest BCUT2D eigenvalue weighted by atomic mass is 16.5. The number of nitrogens with two attached hydrogens (primary N) is 2. The number of aryl methyl sites for hydroxylation is 1. The van der Waals surface area contributed by atoms with Crippen LogP contribution in [0.1, 0.15) is 22.3 Å². The molecule has 2 rings (SSSR count). The van der Waals surface area contributed by atoms with Crippen molar-refractivity contribution in [1.82, 2.24) is 4.98 Å². The second kappa shape index (κ2) is 6.27. The van der Waals surface area contributed by atoms with Crippen LogP contribution < -0.4 is 16.8 Å². The highest BCUT2D eigenvalue weighted by Gasteiger charge is 2.17. The van der Waals surface area contributed by atoms with Gasteiger partial charge in [-0.15, -0.1) is 0 Å². The van der Waals surface area contributed by atoms with E-state index in [1.807, 2.05) is 12.1 Å². The van der Waals surface area contributed by atoms with Crippen molar-refractivity contribution in [2.45, 2.75) is 12.8 Å². The van der Waals surface area contributed by atoms with Gasteiger partial charge >= 0.3 is 6.03 Å². The third kappa shape index (κ3) is 3.32. The molecular weight excluding hydrogens is 272 g/mol. The Balaban J connectivity index is 2.39. The molecule has 6 N–H and O–H groups in total. The van der Waals surface area contributed by atoms with Gasteiger partial charge in [-0.25, -0.2) is 4.79 Å². The minimum absolute atomic E-state index is 0.221. The summed E-state index contributed by atoms with van der Waals surface area (Å²) in [6.07, 6.45) is 1.76. The molecule has 0 aliphatic carbocycles. The summed E-state index contributed by atoms with van der Waals surface area (Å²) in [5.74, 6) is -0.406. The van der Waals surface area contributed by atoms with Crippen LogP contribution in [0.5, 0.6) is 0 Å². The Hall–Kier alpha value is -2.54. The van der Waals surface area contributed by atoms with Crippen LogP contribution in [0.3, 0.4) is 0 Å². The lowest BCUT2D eigenvalue weighted by atomic mass is 10.1. The predicted octanol–water partition coefficient (Wildman–Crippen LogP) is 1.34. The maximum Gasteiger partial charge on any atom is 0.317 e. The Morgan fingerprint density at radius 2 is 2.10 bits per heavy atom. The molecule has 3 amide bonds. The van der Waals surface area contributed by atoms with Gasteiger partial charge in [-0.05, 0) is 24.5 Å². The number of ether oxygens (including phenoxy) is 1. The van der Waals surface area contributed by atoms with Crippen molar-refractivity contribution in [2.75, 3.05) is 19.0 Å². The quantitative estimate of drug-likeness (QED) is 0.600. The van der Waals surface area contributed by atoms with Gasteiger partial charge in [-0.2, -0.15) is 0 Å². The van der Waals surface area contributed by atoms with E-state index in [1.165, 1.54) is 0 Å². The summed E-state index contributed by atoms with van der Waals surface area (Å²) >= 11 is 0. The Morgan fingerprint density at radius 3 is 2.71 bits per heavy atom. The Bertz CT molecular complexity index is 678. The zero-order valence-electron chi connectivity index (χ0n) is 11.7. The largest absolute Gasteiger partial charge is 0.385 e. The van der Waals surface area contributed by atoms with Crippen molar-refractivity contribution in [3.05, 3.63) is 29.3 Å². The van der Waals surface area contributed by atoms with Crippen LogP contribution in [0.25, 0.3) is 10.9 Å². The van der Waals surface area contributed by atoms with E-state index in [0.717, 1.165) is 23.9 Å². The van der Waals surface area contributed by atoms with E-state index in [-0.39, 0.29) is 11.4 Å². The molecule has 0 spiro atoms. The van der Waals surface area contributed by atoms with Crippen LogP contribution in [-0.4, -0.2) is 30.6 Å². The Kier molecular flexibility index (Phi) is 4.44. The minimum atomic E-state index is -0.760. The number of aromatic amines is 1. The molecule has 0 unspecified atom stereocenters. The number of anilines is 1. The molecule has 1 aromatic carbocycles. The molecular formula is C14H18N4O3. The molecule has 0 bridgehead atoms. The van der Waals surface area contributed by atoms with Crippen LogP contribution >= 0.6 is 0 Å². The van der Waals surface area contributed by atoms with Crippen LogP contribution in [0.4, 0.5) is 10.6 Å². The monoisotopic (exact) mass is 290 g/mol. The number of carbonyl (C=O) groups excluding carboxylic acids is 2. The molecule has 21 heavy (non-hydrogen) atoms. The van der Waals surface area contributed by atoms with Gasteiger partial charge < -0.3 is 21.2 Å². The predicted molar refractivity (Wildman–Crippen MR) is 80.2 cm³/mol. The highest BCUT2D eigenvalue weighted by Crippen LogP contribution is 2.27. The van der Waals surface area contributed by atoms with Crippen molar-refractivity contribution in [2.24, 2.45) is 11.5 Å². The first kappa shape index (κ1) is 14.9. The molecule has 0 radical (unpaired) electrons. The van der Waals surface area contributed by atoms with Gasteiger partial charge in [0.2, 0.25) is 0 Å². The van der Waals surface area contributed by atoms with Crippen LogP contribution in [-0.2, 0) is 11.2 Å². The van der Waals surface area contributed by atoms with Gasteiger partial charge in [-0.3, -0.25) is 10.1 Å². The second-order valence-electron chi connectivity index (χ2n) is 4.70. The van der Waals surface area contributed by atoms with E-state index in [2.05, 4.69) is 10.3 Å². The lowest BCUT2D eigenvalue weighted by Crippen LogP contribution is -2.22. The first-order chi connectivity index (χ1) is 10.0. The lowest BCUT2D eigenvalue weighted by molar-refractivity contribution is 0.100. The molecule has 7 heteroatoms. The van der Waals surface area contributed by atoms with E-state index in [1.54, 1.807) is 13.2 Å². The van der Waals surface area contributed by atoms with Gasteiger partial charge in [0, 0.05) is 24.6 Å². The number of methoxy groups -OCH3 is 1. The van der Waals surface area contributed by atoms with Gasteiger partial charge in [0.05, 0.1) is 5.56 Å². The number of primary amides is 2. The van der Waals surface area contributed by atoms with Crippen molar-refractivity contribution >= 4 is 28.7 Å². The third-order valence-electron chi connectivity index (χ3n) is 3.17. The fourth-order valence-electron chi connectivity index (χ4n) is 2.29. The van der Waals surface area contributed by atoms with E-state index in [4.69, 9.17) is 16.2 Å². The second-order valence-corrected chi connectivity index (χ2v) is 4.70. The lowest BCUT2D eigenvalue weighted by Gasteiger charge is -2.02. The van der Waals surface area contributed by atoms with Gasteiger partial charge in [0.15, 0.2) is 0 Å². The summed E-state index contributed by atoms with van der Waals surface area (Å²) in [5.41, 5.74) is 12.5. The Labute approximate surface area is 121 Å². The number of H-pyrrole nitrogens is 1. The zero-order valence-corrected chi connectivity index (χ0v) is 11.7.